The maximum Gasteiger partial charge on any atom is 2.00 e. The number of benzene rings is 1. The van der Waals surface area contributed by atoms with E-state index >= 15 is 0 Å². The normalized spacial score (nSPS) is 10.4. The summed E-state index contributed by atoms with van der Waals surface area (Å²) in [5.74, 6) is -1.42. The zero-order valence-corrected chi connectivity index (χ0v) is 11.4. The second kappa shape index (κ2) is 5.83. The summed E-state index contributed by atoms with van der Waals surface area (Å²) in [5, 5.41) is 9.02. The van der Waals surface area contributed by atoms with Crippen LogP contribution in [0.1, 0.15) is 9.78 Å². The second-order valence-corrected chi connectivity index (χ2v) is 4.09. The Morgan fingerprint density at radius 2 is 2.00 bits per heavy atom. The van der Waals surface area contributed by atoms with E-state index < -0.39 is 21.0 Å². The molecule has 0 unspecified atom stereocenters. The molecule has 0 aliphatic heterocycles. The molecule has 6 nitrogen and oxygen atoms in total. The van der Waals surface area contributed by atoms with Crippen molar-refractivity contribution in [3.8, 4) is 11.5 Å². The molecule has 86 valence electrons. The average molecular weight is 274 g/mol. The summed E-state index contributed by atoms with van der Waals surface area (Å²) in [6.45, 7) is 1.08. The Morgan fingerprint density at radius 1 is 1.44 bits per heavy atom. The first kappa shape index (κ1) is 15.7. The number of ether oxygens (including phenoxy) is 1. The number of rotatable bonds is 2. The van der Waals surface area contributed by atoms with Crippen LogP contribution in [-0.4, -0.2) is 61.8 Å². The van der Waals surface area contributed by atoms with Crippen molar-refractivity contribution in [1.29, 1.82) is 0 Å². The van der Waals surface area contributed by atoms with E-state index in [1.165, 1.54) is 0 Å². The molecule has 0 atom stereocenters. The van der Waals surface area contributed by atoms with E-state index in [1.807, 2.05) is 0 Å². The molecule has 0 bridgehead atoms. The molecule has 16 heavy (non-hydrogen) atoms. The third-order valence-electron chi connectivity index (χ3n) is 1.46. The minimum absolute atomic E-state index is 0. The Bertz CT molecular complexity index is 504. The topological polar surface area (TPSA) is 101 Å². The summed E-state index contributed by atoms with van der Waals surface area (Å²) < 4.78 is 35.0. The zero-order valence-electron chi connectivity index (χ0n) is 10.4. The summed E-state index contributed by atoms with van der Waals surface area (Å²) >= 11 is 0. The van der Waals surface area contributed by atoms with E-state index in [2.05, 4.69) is 4.74 Å². The maximum absolute atomic E-state index is 10.8. The van der Waals surface area contributed by atoms with E-state index in [0.717, 1.165) is 25.1 Å². The average Bonchev–Trinajstić information content (AvgIpc) is 2.05. The molecule has 8 heteroatoms. The van der Waals surface area contributed by atoms with Crippen molar-refractivity contribution in [2.45, 2.75) is 11.8 Å². The van der Waals surface area contributed by atoms with Crippen LogP contribution in [-0.2, 0) is 14.9 Å². The van der Waals surface area contributed by atoms with Gasteiger partial charge in [0.15, 0.2) is 5.75 Å². The smallest absolute Gasteiger partial charge is 1.00 e. The standard InChI is InChI=1S/C8H8O6S.Ca.2H/c1-5(9)14-7-3-2-6(10)4-8(7)15(11,12)13;;;/h2-4,10H,1H3,(H,11,12,13);;;/q;+2;2*-1. The van der Waals surface area contributed by atoms with Gasteiger partial charge >= 0.3 is 43.7 Å². The first-order valence-corrected chi connectivity index (χ1v) is 5.23. The van der Waals surface area contributed by atoms with Gasteiger partial charge in [-0.05, 0) is 12.1 Å². The van der Waals surface area contributed by atoms with Gasteiger partial charge in [0.2, 0.25) is 0 Å². The van der Waals surface area contributed by atoms with Gasteiger partial charge in [0, 0.05) is 13.0 Å². The molecule has 0 fully saturated rings. The van der Waals surface area contributed by atoms with Gasteiger partial charge in [0.05, 0.1) is 0 Å². The summed E-state index contributed by atoms with van der Waals surface area (Å²) in [4.78, 5) is 9.96. The first-order valence-electron chi connectivity index (χ1n) is 3.79. The van der Waals surface area contributed by atoms with Crippen LogP contribution in [0.15, 0.2) is 23.1 Å². The Morgan fingerprint density at radius 3 is 2.44 bits per heavy atom. The third-order valence-corrected chi connectivity index (χ3v) is 2.33. The van der Waals surface area contributed by atoms with Crippen LogP contribution in [0.3, 0.4) is 0 Å². The van der Waals surface area contributed by atoms with Crippen molar-refractivity contribution in [1.82, 2.24) is 0 Å². The van der Waals surface area contributed by atoms with Gasteiger partial charge in [0.25, 0.3) is 10.1 Å². The fourth-order valence-corrected chi connectivity index (χ4v) is 1.57. The Kier molecular flexibility index (Phi) is 5.71. The molecule has 1 aromatic carbocycles. The maximum atomic E-state index is 10.8. The first-order chi connectivity index (χ1) is 6.80. The van der Waals surface area contributed by atoms with Gasteiger partial charge in [0.1, 0.15) is 10.6 Å². The number of carbonyl (C=O) groups excluding carboxylic acids is 1. The van der Waals surface area contributed by atoms with Crippen LogP contribution in [0.25, 0.3) is 0 Å². The molecule has 2 N–H and O–H groups in total. The van der Waals surface area contributed by atoms with Gasteiger partial charge in [-0.1, -0.05) is 0 Å². The minimum atomic E-state index is -4.54. The second-order valence-electron chi connectivity index (χ2n) is 2.70. The summed E-state index contributed by atoms with van der Waals surface area (Å²) in [7, 11) is -4.54. The number of phenols is 1. The van der Waals surface area contributed by atoms with Crippen molar-refractivity contribution in [2.75, 3.05) is 0 Å². The predicted octanol–water partition coefficient (Wildman–Crippen LogP) is 0.408. The SMILES string of the molecule is CC(=O)Oc1ccc(O)cc1S(=O)(=O)O.[Ca+2].[H-].[H-]. The molecule has 0 aliphatic carbocycles. The summed E-state index contributed by atoms with van der Waals surface area (Å²) in [6, 6.07) is 2.99. The van der Waals surface area contributed by atoms with E-state index in [9.17, 15) is 13.2 Å². The molecule has 0 aromatic heterocycles. The van der Waals surface area contributed by atoms with Crippen LogP contribution < -0.4 is 4.74 Å². The van der Waals surface area contributed by atoms with E-state index in [1.54, 1.807) is 0 Å². The van der Waals surface area contributed by atoms with Crippen molar-refractivity contribution in [3.63, 3.8) is 0 Å². The van der Waals surface area contributed by atoms with Gasteiger partial charge in [-0.15, -0.1) is 0 Å². The number of esters is 1. The number of aromatic hydroxyl groups is 1. The fourth-order valence-electron chi connectivity index (χ4n) is 0.938. The number of phenolic OH excluding ortho intramolecular Hbond substituents is 1. The molecule has 0 amide bonds. The minimum Gasteiger partial charge on any atom is -1.00 e. The monoisotopic (exact) mass is 274 g/mol. The number of hydrogen-bond donors (Lipinski definition) is 2. The van der Waals surface area contributed by atoms with Crippen LogP contribution in [0, 0.1) is 0 Å². The molecule has 0 aliphatic rings. The van der Waals surface area contributed by atoms with Crippen LogP contribution in [0.5, 0.6) is 11.5 Å². The molecule has 0 spiro atoms. The zero-order chi connectivity index (χ0) is 11.6. The Hall–Kier alpha value is -0.340. The van der Waals surface area contributed by atoms with Gasteiger partial charge < -0.3 is 12.7 Å². The molecule has 0 saturated heterocycles. The summed E-state index contributed by atoms with van der Waals surface area (Å²) in [6.07, 6.45) is 0. The Labute approximate surface area is 125 Å². The van der Waals surface area contributed by atoms with Crippen molar-refractivity contribution in [3.05, 3.63) is 18.2 Å². The van der Waals surface area contributed by atoms with Gasteiger partial charge in [-0.3, -0.25) is 9.35 Å². The van der Waals surface area contributed by atoms with Gasteiger partial charge in [-0.2, -0.15) is 8.42 Å². The number of carbonyl (C=O) groups is 1. The molecular weight excluding hydrogens is 264 g/mol. The number of hydrogen-bond acceptors (Lipinski definition) is 5. The van der Waals surface area contributed by atoms with Crippen LogP contribution in [0.2, 0.25) is 0 Å². The quantitative estimate of drug-likeness (QED) is 0.350. The van der Waals surface area contributed by atoms with E-state index in [4.69, 9.17) is 9.66 Å². The molecule has 1 aromatic rings. The third kappa shape index (κ3) is 4.26. The van der Waals surface area contributed by atoms with Crippen LogP contribution in [0.4, 0.5) is 0 Å². The Balaban J connectivity index is -0.000000750. The molecule has 0 heterocycles. The van der Waals surface area contributed by atoms with E-state index in [-0.39, 0.29) is 52.1 Å². The van der Waals surface area contributed by atoms with Crippen molar-refractivity contribution < 1.29 is 30.5 Å². The van der Waals surface area contributed by atoms with Crippen LogP contribution >= 0.6 is 0 Å². The van der Waals surface area contributed by atoms with Crippen molar-refractivity contribution in [2.24, 2.45) is 0 Å². The molecule has 0 saturated carbocycles. The molecular formula is C8H10CaO6S. The largest absolute Gasteiger partial charge is 2.00 e. The van der Waals surface area contributed by atoms with Gasteiger partial charge in [-0.25, -0.2) is 0 Å². The molecule has 0 radical (unpaired) electrons. The van der Waals surface area contributed by atoms with Crippen molar-refractivity contribution >= 4 is 53.8 Å². The molecule has 1 rings (SSSR count). The van der Waals surface area contributed by atoms with E-state index in [0.29, 0.717) is 0 Å². The summed E-state index contributed by atoms with van der Waals surface area (Å²) in [5.41, 5.74) is 0. The predicted molar refractivity (Wildman–Crippen MR) is 57.2 cm³/mol. The fraction of sp³-hybridized carbons (Fsp3) is 0.125.